The van der Waals surface area contributed by atoms with Gasteiger partial charge in [0.25, 0.3) is 5.91 Å². The lowest BCUT2D eigenvalue weighted by Crippen LogP contribution is -2.23. The number of ether oxygens (including phenoxy) is 1. The van der Waals surface area contributed by atoms with Gasteiger partial charge in [0, 0.05) is 25.5 Å². The maximum Gasteiger partial charge on any atom is 0.356 e. The Balaban J connectivity index is 1.50. The number of rotatable bonds is 7. The molecule has 1 aliphatic carbocycles. The number of nitrogens with zero attached hydrogens (tertiary/aromatic N) is 2. The Morgan fingerprint density at radius 2 is 2.00 bits per heavy atom. The SMILES string of the molecule is COC(=O)c1ccc(CNC(=O)c2ccc(NCC3CC3)nc2)cn1. The fraction of sp³-hybridized carbons (Fsp3) is 0.333. The van der Waals surface area contributed by atoms with Gasteiger partial charge < -0.3 is 15.4 Å². The Hall–Kier alpha value is -2.96. The third kappa shape index (κ3) is 4.76. The first-order chi connectivity index (χ1) is 12.2. The molecule has 0 aromatic carbocycles. The first-order valence-corrected chi connectivity index (χ1v) is 8.17. The van der Waals surface area contributed by atoms with Crippen LogP contribution < -0.4 is 10.6 Å². The smallest absolute Gasteiger partial charge is 0.356 e. The number of anilines is 1. The Kier molecular flexibility index (Phi) is 5.23. The predicted octanol–water partition coefficient (Wildman–Crippen LogP) is 2.02. The number of hydrogen-bond donors (Lipinski definition) is 2. The Bertz CT molecular complexity index is 740. The van der Waals surface area contributed by atoms with Crippen LogP contribution in [0.4, 0.5) is 5.82 Å². The van der Waals surface area contributed by atoms with E-state index in [-0.39, 0.29) is 11.6 Å². The molecule has 0 bridgehead atoms. The van der Waals surface area contributed by atoms with E-state index in [1.807, 2.05) is 6.07 Å². The second-order valence-corrected chi connectivity index (χ2v) is 5.98. The summed E-state index contributed by atoms with van der Waals surface area (Å²) in [6.07, 6.45) is 5.66. The maximum absolute atomic E-state index is 12.2. The van der Waals surface area contributed by atoms with Crippen molar-refractivity contribution in [1.82, 2.24) is 15.3 Å². The molecule has 2 heterocycles. The summed E-state index contributed by atoms with van der Waals surface area (Å²) >= 11 is 0. The highest BCUT2D eigenvalue weighted by Gasteiger charge is 2.20. The number of aromatic nitrogens is 2. The fourth-order valence-electron chi connectivity index (χ4n) is 2.24. The van der Waals surface area contributed by atoms with Crippen molar-refractivity contribution in [2.45, 2.75) is 19.4 Å². The lowest BCUT2D eigenvalue weighted by atomic mass is 10.2. The molecule has 1 fully saturated rings. The molecule has 0 aliphatic heterocycles. The summed E-state index contributed by atoms with van der Waals surface area (Å²) in [7, 11) is 1.30. The number of carbonyl (C=O) groups is 2. The van der Waals surface area contributed by atoms with Crippen molar-refractivity contribution in [3.05, 3.63) is 53.5 Å². The van der Waals surface area contributed by atoms with Crippen LogP contribution in [0.2, 0.25) is 0 Å². The third-order valence-corrected chi connectivity index (χ3v) is 3.97. The first kappa shape index (κ1) is 16.9. The van der Waals surface area contributed by atoms with Crippen molar-refractivity contribution in [1.29, 1.82) is 0 Å². The monoisotopic (exact) mass is 340 g/mol. The maximum atomic E-state index is 12.2. The van der Waals surface area contributed by atoms with Gasteiger partial charge in [-0.2, -0.15) is 0 Å². The number of amides is 1. The van der Waals surface area contributed by atoms with Crippen molar-refractivity contribution in [2.75, 3.05) is 19.0 Å². The minimum absolute atomic E-state index is 0.210. The summed E-state index contributed by atoms with van der Waals surface area (Å²) in [6.45, 7) is 1.25. The van der Waals surface area contributed by atoms with E-state index in [4.69, 9.17) is 0 Å². The molecule has 0 atom stereocenters. The van der Waals surface area contributed by atoms with E-state index >= 15 is 0 Å². The molecule has 0 unspecified atom stereocenters. The van der Waals surface area contributed by atoms with Gasteiger partial charge in [-0.3, -0.25) is 4.79 Å². The molecule has 3 rings (SSSR count). The average Bonchev–Trinajstić information content (AvgIpc) is 3.49. The molecule has 0 spiro atoms. The van der Waals surface area contributed by atoms with Gasteiger partial charge in [0.2, 0.25) is 0 Å². The molecular formula is C18H20N4O3. The topological polar surface area (TPSA) is 93.2 Å². The zero-order valence-electron chi connectivity index (χ0n) is 14.0. The standard InChI is InChI=1S/C18H20N4O3/c1-25-18(24)15-6-4-13(9-19-15)10-22-17(23)14-5-7-16(21-11-14)20-8-12-2-3-12/h4-7,9,11-12H,2-3,8,10H2,1H3,(H,20,21)(H,22,23). The molecule has 1 amide bonds. The van der Waals surface area contributed by atoms with E-state index in [0.717, 1.165) is 23.8 Å². The summed E-state index contributed by atoms with van der Waals surface area (Å²) in [6, 6.07) is 6.85. The quantitative estimate of drug-likeness (QED) is 0.749. The van der Waals surface area contributed by atoms with Crippen LogP contribution in [0.15, 0.2) is 36.7 Å². The molecule has 1 aliphatic rings. The van der Waals surface area contributed by atoms with Crippen LogP contribution in [0.3, 0.4) is 0 Å². The number of methoxy groups -OCH3 is 1. The van der Waals surface area contributed by atoms with Gasteiger partial charge >= 0.3 is 5.97 Å². The van der Waals surface area contributed by atoms with Gasteiger partial charge in [-0.15, -0.1) is 0 Å². The predicted molar refractivity (Wildman–Crippen MR) is 92.2 cm³/mol. The molecular weight excluding hydrogens is 320 g/mol. The minimum atomic E-state index is -0.489. The van der Waals surface area contributed by atoms with Gasteiger partial charge in [-0.05, 0) is 42.5 Å². The first-order valence-electron chi connectivity index (χ1n) is 8.17. The Morgan fingerprint density at radius 3 is 2.60 bits per heavy atom. The van der Waals surface area contributed by atoms with Crippen molar-refractivity contribution in [2.24, 2.45) is 5.92 Å². The molecule has 7 heteroatoms. The van der Waals surface area contributed by atoms with Crippen molar-refractivity contribution < 1.29 is 14.3 Å². The number of nitrogens with one attached hydrogen (secondary N) is 2. The molecule has 130 valence electrons. The average molecular weight is 340 g/mol. The van der Waals surface area contributed by atoms with E-state index in [1.54, 1.807) is 24.4 Å². The van der Waals surface area contributed by atoms with Gasteiger partial charge in [-0.25, -0.2) is 14.8 Å². The molecule has 0 radical (unpaired) electrons. The van der Waals surface area contributed by atoms with Gasteiger partial charge in [0.15, 0.2) is 0 Å². The summed E-state index contributed by atoms with van der Waals surface area (Å²) in [5, 5.41) is 6.06. The zero-order valence-corrected chi connectivity index (χ0v) is 14.0. The molecule has 2 N–H and O–H groups in total. The highest BCUT2D eigenvalue weighted by atomic mass is 16.5. The van der Waals surface area contributed by atoms with Gasteiger partial charge in [0.1, 0.15) is 11.5 Å². The zero-order chi connectivity index (χ0) is 17.6. The summed E-state index contributed by atoms with van der Waals surface area (Å²) in [4.78, 5) is 31.7. The van der Waals surface area contributed by atoms with Crippen LogP contribution in [0, 0.1) is 5.92 Å². The summed E-state index contributed by atoms with van der Waals surface area (Å²) < 4.78 is 4.59. The molecule has 1 saturated carbocycles. The van der Waals surface area contributed by atoms with Crippen molar-refractivity contribution in [3.63, 3.8) is 0 Å². The minimum Gasteiger partial charge on any atom is -0.464 e. The van der Waals surface area contributed by atoms with E-state index in [2.05, 4.69) is 25.3 Å². The summed E-state index contributed by atoms with van der Waals surface area (Å²) in [5.74, 6) is 0.852. The van der Waals surface area contributed by atoms with Crippen LogP contribution in [0.25, 0.3) is 0 Å². The van der Waals surface area contributed by atoms with E-state index in [1.165, 1.54) is 26.1 Å². The van der Waals surface area contributed by atoms with Crippen molar-refractivity contribution >= 4 is 17.7 Å². The molecule has 25 heavy (non-hydrogen) atoms. The van der Waals surface area contributed by atoms with E-state index in [9.17, 15) is 9.59 Å². The van der Waals surface area contributed by atoms with Crippen LogP contribution in [0.1, 0.15) is 39.3 Å². The lowest BCUT2D eigenvalue weighted by Gasteiger charge is -2.07. The summed E-state index contributed by atoms with van der Waals surface area (Å²) in [5.41, 5.74) is 1.52. The Morgan fingerprint density at radius 1 is 1.16 bits per heavy atom. The van der Waals surface area contributed by atoms with Crippen LogP contribution >= 0.6 is 0 Å². The molecule has 7 nitrogen and oxygen atoms in total. The largest absolute Gasteiger partial charge is 0.464 e. The number of esters is 1. The normalized spacial score (nSPS) is 13.2. The molecule has 2 aromatic rings. The number of hydrogen-bond acceptors (Lipinski definition) is 6. The number of carbonyl (C=O) groups excluding carboxylic acids is 2. The van der Waals surface area contributed by atoms with Crippen LogP contribution in [-0.2, 0) is 11.3 Å². The Labute approximate surface area is 145 Å². The van der Waals surface area contributed by atoms with Gasteiger partial charge in [-0.1, -0.05) is 6.07 Å². The van der Waals surface area contributed by atoms with E-state index < -0.39 is 5.97 Å². The third-order valence-electron chi connectivity index (χ3n) is 3.97. The fourth-order valence-corrected chi connectivity index (χ4v) is 2.24. The lowest BCUT2D eigenvalue weighted by molar-refractivity contribution is 0.0593. The van der Waals surface area contributed by atoms with Gasteiger partial charge in [0.05, 0.1) is 12.7 Å². The molecule has 2 aromatic heterocycles. The second-order valence-electron chi connectivity index (χ2n) is 5.98. The van der Waals surface area contributed by atoms with E-state index in [0.29, 0.717) is 12.1 Å². The number of pyridine rings is 2. The highest BCUT2D eigenvalue weighted by molar-refractivity contribution is 5.94. The molecule has 0 saturated heterocycles. The van der Waals surface area contributed by atoms with Crippen molar-refractivity contribution in [3.8, 4) is 0 Å². The van der Waals surface area contributed by atoms with Crippen LogP contribution in [0.5, 0.6) is 0 Å². The van der Waals surface area contributed by atoms with Crippen LogP contribution in [-0.4, -0.2) is 35.5 Å². The highest BCUT2D eigenvalue weighted by Crippen LogP contribution is 2.28. The second kappa shape index (κ2) is 7.74.